The van der Waals surface area contributed by atoms with Crippen LogP contribution in [-0.2, 0) is 26.6 Å². The molecule has 0 aliphatic rings. The van der Waals surface area contributed by atoms with E-state index in [4.69, 9.17) is 4.98 Å². The molecule has 4 rings (SSSR count). The van der Waals surface area contributed by atoms with Gasteiger partial charge in [-0.25, -0.2) is 4.79 Å². The average Bonchev–Trinajstić information content (AvgIpc) is 3.30. The molecule has 0 spiro atoms. The standard InChI is InChI=1S/C24H32N6O2/c1-6-27(7-2)15-16-28-17(3)18(4)30-20-21(25-23(28)30)26(5)24(32)29(22(20)31)14-13-19-11-9-8-10-12-19/h8-12H,6-7,13-16H2,1-5H3. The molecule has 0 amide bonds. The van der Waals surface area contributed by atoms with Gasteiger partial charge in [0.15, 0.2) is 11.2 Å². The van der Waals surface area contributed by atoms with Crippen molar-refractivity contribution in [3.63, 3.8) is 0 Å². The van der Waals surface area contributed by atoms with Crippen LogP contribution in [0.25, 0.3) is 16.9 Å². The van der Waals surface area contributed by atoms with Gasteiger partial charge < -0.3 is 9.47 Å². The molecule has 0 radical (unpaired) electrons. The van der Waals surface area contributed by atoms with E-state index in [9.17, 15) is 9.59 Å². The highest BCUT2D eigenvalue weighted by Crippen LogP contribution is 2.20. The van der Waals surface area contributed by atoms with Crippen LogP contribution in [0.1, 0.15) is 30.8 Å². The lowest BCUT2D eigenvalue weighted by Gasteiger charge is -2.18. The monoisotopic (exact) mass is 436 g/mol. The zero-order valence-corrected chi connectivity index (χ0v) is 19.6. The third-order valence-electron chi connectivity index (χ3n) is 6.63. The molecule has 0 aliphatic carbocycles. The van der Waals surface area contributed by atoms with Crippen molar-refractivity contribution in [1.29, 1.82) is 0 Å². The molecular formula is C24H32N6O2. The number of benzene rings is 1. The van der Waals surface area contributed by atoms with Gasteiger partial charge in [0.1, 0.15) is 0 Å². The van der Waals surface area contributed by atoms with E-state index in [1.54, 1.807) is 7.05 Å². The number of fused-ring (bicyclic) bond motifs is 3. The van der Waals surface area contributed by atoms with Crippen LogP contribution in [0.4, 0.5) is 0 Å². The van der Waals surface area contributed by atoms with Gasteiger partial charge in [0, 0.05) is 38.1 Å². The van der Waals surface area contributed by atoms with E-state index in [0.29, 0.717) is 24.1 Å². The molecule has 0 aliphatic heterocycles. The fourth-order valence-corrected chi connectivity index (χ4v) is 4.45. The Morgan fingerprint density at radius 2 is 1.62 bits per heavy atom. The van der Waals surface area contributed by atoms with Crippen LogP contribution in [0.2, 0.25) is 0 Å². The first-order valence-corrected chi connectivity index (χ1v) is 11.3. The minimum atomic E-state index is -0.330. The molecule has 4 aromatic rings. The Labute approximate surface area is 187 Å². The van der Waals surface area contributed by atoms with Crippen LogP contribution >= 0.6 is 0 Å². The van der Waals surface area contributed by atoms with Crippen LogP contribution < -0.4 is 11.2 Å². The second-order valence-corrected chi connectivity index (χ2v) is 8.30. The minimum absolute atomic E-state index is 0.282. The molecule has 0 atom stereocenters. The highest BCUT2D eigenvalue weighted by molar-refractivity contribution is 5.76. The summed E-state index contributed by atoms with van der Waals surface area (Å²) >= 11 is 0. The smallest absolute Gasteiger partial charge is 0.313 e. The zero-order valence-electron chi connectivity index (χ0n) is 19.6. The normalized spacial score (nSPS) is 11.9. The number of likely N-dealkylation sites (N-methyl/N-ethyl adjacent to an activating group) is 1. The third-order valence-corrected chi connectivity index (χ3v) is 6.63. The van der Waals surface area contributed by atoms with Gasteiger partial charge in [0.05, 0.1) is 0 Å². The molecule has 0 unspecified atom stereocenters. The van der Waals surface area contributed by atoms with Crippen LogP contribution in [-0.4, -0.2) is 47.6 Å². The van der Waals surface area contributed by atoms with E-state index in [2.05, 4.69) is 30.2 Å². The fourth-order valence-electron chi connectivity index (χ4n) is 4.45. The summed E-state index contributed by atoms with van der Waals surface area (Å²) in [5, 5.41) is 0. The summed E-state index contributed by atoms with van der Waals surface area (Å²) in [4.78, 5) is 33.6. The molecule has 0 fully saturated rings. The molecular weight excluding hydrogens is 404 g/mol. The number of nitrogens with zero attached hydrogens (tertiary/aromatic N) is 6. The molecule has 0 saturated carbocycles. The lowest BCUT2D eigenvalue weighted by atomic mass is 10.1. The van der Waals surface area contributed by atoms with Crippen LogP contribution in [0.3, 0.4) is 0 Å². The molecule has 8 nitrogen and oxygen atoms in total. The second-order valence-electron chi connectivity index (χ2n) is 8.30. The molecule has 0 saturated heterocycles. The number of hydrogen-bond donors (Lipinski definition) is 0. The predicted octanol–water partition coefficient (Wildman–Crippen LogP) is 2.35. The van der Waals surface area contributed by atoms with Gasteiger partial charge in [-0.3, -0.25) is 18.3 Å². The van der Waals surface area contributed by atoms with E-state index >= 15 is 0 Å². The largest absolute Gasteiger partial charge is 0.332 e. The first kappa shape index (κ1) is 22.1. The zero-order chi connectivity index (χ0) is 23.0. The van der Waals surface area contributed by atoms with Crippen LogP contribution in [0.5, 0.6) is 0 Å². The summed E-state index contributed by atoms with van der Waals surface area (Å²) in [5.74, 6) is 0.718. The van der Waals surface area contributed by atoms with Gasteiger partial charge in [0.2, 0.25) is 5.78 Å². The average molecular weight is 437 g/mol. The Morgan fingerprint density at radius 3 is 2.28 bits per heavy atom. The van der Waals surface area contributed by atoms with Crippen LogP contribution in [0, 0.1) is 13.8 Å². The van der Waals surface area contributed by atoms with E-state index in [1.807, 2.05) is 41.7 Å². The maximum atomic E-state index is 13.5. The molecule has 1 aromatic carbocycles. The summed E-state index contributed by atoms with van der Waals surface area (Å²) in [6.45, 7) is 12.4. The van der Waals surface area contributed by atoms with Gasteiger partial charge in [-0.05, 0) is 38.9 Å². The quantitative estimate of drug-likeness (QED) is 0.425. The van der Waals surface area contributed by atoms with Gasteiger partial charge in [-0.2, -0.15) is 4.98 Å². The van der Waals surface area contributed by atoms with E-state index in [1.165, 1.54) is 9.13 Å². The molecule has 3 heterocycles. The Hall–Kier alpha value is -3.13. The van der Waals surface area contributed by atoms with Gasteiger partial charge in [0.25, 0.3) is 5.56 Å². The Kier molecular flexibility index (Phi) is 6.06. The second kappa shape index (κ2) is 8.78. The summed E-state index contributed by atoms with van der Waals surface area (Å²) in [6, 6.07) is 9.91. The number of aromatic nitrogens is 5. The van der Waals surface area contributed by atoms with Crippen molar-refractivity contribution in [3.05, 3.63) is 68.1 Å². The predicted molar refractivity (Wildman–Crippen MR) is 128 cm³/mol. The molecule has 3 aromatic heterocycles. The number of aryl methyl sites for hydroxylation is 3. The third kappa shape index (κ3) is 3.58. The van der Waals surface area contributed by atoms with Crippen molar-refractivity contribution >= 4 is 16.9 Å². The Bertz CT molecular complexity index is 1370. The molecule has 0 bridgehead atoms. The first-order chi connectivity index (χ1) is 15.4. The van der Waals surface area contributed by atoms with Crippen molar-refractivity contribution in [2.24, 2.45) is 7.05 Å². The van der Waals surface area contributed by atoms with Gasteiger partial charge in [-0.1, -0.05) is 44.2 Å². The summed E-state index contributed by atoms with van der Waals surface area (Å²) in [7, 11) is 1.69. The SMILES string of the molecule is CCN(CC)CCn1c(C)c(C)n2c3c(=O)n(CCc4ccccc4)c(=O)n(C)c3nc12. The highest BCUT2D eigenvalue weighted by atomic mass is 16.2. The minimum Gasteiger partial charge on any atom is -0.313 e. The van der Waals surface area contributed by atoms with Crippen molar-refractivity contribution in [2.45, 2.75) is 47.2 Å². The fraction of sp³-hybridized carbons (Fsp3) is 0.458. The maximum Gasteiger partial charge on any atom is 0.332 e. The Balaban J connectivity index is 1.84. The van der Waals surface area contributed by atoms with E-state index < -0.39 is 0 Å². The molecule has 0 N–H and O–H groups in total. The topological polar surface area (TPSA) is 69.5 Å². The first-order valence-electron chi connectivity index (χ1n) is 11.3. The van der Waals surface area contributed by atoms with Crippen molar-refractivity contribution in [1.82, 2.24) is 28.0 Å². The summed E-state index contributed by atoms with van der Waals surface area (Å²) in [5.41, 5.74) is 3.45. The van der Waals surface area contributed by atoms with Gasteiger partial charge in [-0.15, -0.1) is 0 Å². The van der Waals surface area contributed by atoms with Crippen molar-refractivity contribution in [2.75, 3.05) is 19.6 Å². The number of rotatable bonds is 8. The summed E-state index contributed by atoms with van der Waals surface area (Å²) in [6.07, 6.45) is 0.617. The van der Waals surface area contributed by atoms with E-state index in [0.717, 1.165) is 48.9 Å². The van der Waals surface area contributed by atoms with Crippen molar-refractivity contribution < 1.29 is 0 Å². The molecule has 170 valence electrons. The van der Waals surface area contributed by atoms with Crippen LogP contribution in [0.15, 0.2) is 39.9 Å². The lowest BCUT2D eigenvalue weighted by Crippen LogP contribution is -2.39. The van der Waals surface area contributed by atoms with Gasteiger partial charge >= 0.3 is 5.69 Å². The van der Waals surface area contributed by atoms with Crippen molar-refractivity contribution in [3.8, 4) is 0 Å². The summed E-state index contributed by atoms with van der Waals surface area (Å²) < 4.78 is 6.92. The highest BCUT2D eigenvalue weighted by Gasteiger charge is 2.22. The number of hydrogen-bond acceptors (Lipinski definition) is 4. The van der Waals surface area contributed by atoms with E-state index in [-0.39, 0.29) is 11.2 Å². The maximum absolute atomic E-state index is 13.5. The number of imidazole rings is 2. The lowest BCUT2D eigenvalue weighted by molar-refractivity contribution is 0.291. The molecule has 32 heavy (non-hydrogen) atoms. The Morgan fingerprint density at radius 1 is 0.938 bits per heavy atom. The molecule has 8 heteroatoms.